The van der Waals surface area contributed by atoms with Crippen LogP contribution in [0.25, 0.3) is 0 Å². The number of hydrogen-bond donors (Lipinski definition) is 2. The van der Waals surface area contributed by atoms with Crippen LogP contribution in [0.3, 0.4) is 0 Å². The van der Waals surface area contributed by atoms with Gasteiger partial charge in [0.15, 0.2) is 5.69 Å². The fourth-order valence-electron chi connectivity index (χ4n) is 1.54. The number of carbonyl (C=O) groups is 1. The standard InChI is InChI=1S/C13H10F3N3O/c14-13(15,16)8-3-5-9(6-4-8)19-12(20)11-10(17)2-1-7-18-11/h1-7H,17H2,(H,19,20). The summed E-state index contributed by atoms with van der Waals surface area (Å²) in [6.45, 7) is 0. The number of amides is 1. The highest BCUT2D eigenvalue weighted by Gasteiger charge is 2.30. The zero-order valence-electron chi connectivity index (χ0n) is 10.1. The monoisotopic (exact) mass is 281 g/mol. The molecule has 0 atom stereocenters. The molecule has 7 heteroatoms. The van der Waals surface area contributed by atoms with Crippen LogP contribution in [0.2, 0.25) is 0 Å². The molecule has 0 unspecified atom stereocenters. The Morgan fingerprint density at radius 3 is 2.35 bits per heavy atom. The number of halogens is 3. The second-order valence-electron chi connectivity index (χ2n) is 3.97. The lowest BCUT2D eigenvalue weighted by molar-refractivity contribution is -0.137. The fraction of sp³-hybridized carbons (Fsp3) is 0.0769. The van der Waals surface area contributed by atoms with Gasteiger partial charge in [-0.15, -0.1) is 0 Å². The number of alkyl halides is 3. The Bertz CT molecular complexity index is 624. The summed E-state index contributed by atoms with van der Waals surface area (Å²) in [5, 5.41) is 2.43. The van der Waals surface area contributed by atoms with Crippen LogP contribution < -0.4 is 11.1 Å². The average Bonchev–Trinajstić information content (AvgIpc) is 2.38. The average molecular weight is 281 g/mol. The molecule has 3 N–H and O–H groups in total. The molecule has 0 fully saturated rings. The molecule has 4 nitrogen and oxygen atoms in total. The lowest BCUT2D eigenvalue weighted by atomic mass is 10.2. The van der Waals surface area contributed by atoms with Crippen LogP contribution in [-0.4, -0.2) is 10.9 Å². The lowest BCUT2D eigenvalue weighted by Crippen LogP contribution is -2.15. The molecule has 1 heterocycles. The second kappa shape index (κ2) is 5.20. The van der Waals surface area contributed by atoms with Crippen molar-refractivity contribution in [3.8, 4) is 0 Å². The molecule has 2 aromatic rings. The largest absolute Gasteiger partial charge is 0.416 e. The van der Waals surface area contributed by atoms with Gasteiger partial charge in [-0.25, -0.2) is 4.98 Å². The van der Waals surface area contributed by atoms with E-state index in [2.05, 4.69) is 10.3 Å². The number of hydrogen-bond acceptors (Lipinski definition) is 3. The Labute approximate surface area is 112 Å². The maximum absolute atomic E-state index is 12.4. The first-order chi connectivity index (χ1) is 9.38. The first-order valence-electron chi connectivity index (χ1n) is 5.57. The number of anilines is 2. The Balaban J connectivity index is 2.15. The maximum Gasteiger partial charge on any atom is 0.416 e. The van der Waals surface area contributed by atoms with E-state index in [4.69, 9.17) is 5.73 Å². The smallest absolute Gasteiger partial charge is 0.397 e. The molecule has 20 heavy (non-hydrogen) atoms. The summed E-state index contributed by atoms with van der Waals surface area (Å²) < 4.78 is 37.2. The van der Waals surface area contributed by atoms with Crippen molar-refractivity contribution in [2.45, 2.75) is 6.18 Å². The minimum absolute atomic E-state index is 0.0207. The van der Waals surface area contributed by atoms with E-state index in [-0.39, 0.29) is 17.1 Å². The summed E-state index contributed by atoms with van der Waals surface area (Å²) in [5.41, 5.74) is 5.24. The van der Waals surface area contributed by atoms with Crippen molar-refractivity contribution >= 4 is 17.3 Å². The first kappa shape index (κ1) is 13.9. The summed E-state index contributed by atoms with van der Waals surface area (Å²) >= 11 is 0. The van der Waals surface area contributed by atoms with E-state index in [1.54, 1.807) is 6.07 Å². The molecule has 0 spiro atoms. The molecular formula is C13H10F3N3O. The fourth-order valence-corrected chi connectivity index (χ4v) is 1.54. The van der Waals surface area contributed by atoms with Crippen molar-refractivity contribution in [1.29, 1.82) is 0 Å². The third-order valence-corrected chi connectivity index (χ3v) is 2.52. The lowest BCUT2D eigenvalue weighted by Gasteiger charge is -2.09. The van der Waals surface area contributed by atoms with E-state index in [1.165, 1.54) is 24.4 Å². The molecule has 0 aliphatic heterocycles. The minimum atomic E-state index is -4.41. The highest BCUT2D eigenvalue weighted by molar-refractivity contribution is 6.06. The third kappa shape index (κ3) is 3.05. The van der Waals surface area contributed by atoms with Crippen LogP contribution in [0.5, 0.6) is 0 Å². The number of benzene rings is 1. The zero-order chi connectivity index (χ0) is 14.8. The Morgan fingerprint density at radius 1 is 1.15 bits per heavy atom. The number of nitrogen functional groups attached to an aromatic ring is 1. The van der Waals surface area contributed by atoms with Crippen molar-refractivity contribution in [2.75, 3.05) is 11.1 Å². The zero-order valence-corrected chi connectivity index (χ0v) is 10.1. The van der Waals surface area contributed by atoms with Crippen LogP contribution in [0, 0.1) is 0 Å². The molecule has 0 aliphatic carbocycles. The molecule has 1 aromatic heterocycles. The van der Waals surface area contributed by atoms with Crippen LogP contribution >= 0.6 is 0 Å². The van der Waals surface area contributed by atoms with Crippen molar-refractivity contribution in [1.82, 2.24) is 4.98 Å². The van der Waals surface area contributed by atoms with E-state index >= 15 is 0 Å². The number of carbonyl (C=O) groups excluding carboxylic acids is 1. The van der Waals surface area contributed by atoms with E-state index in [0.29, 0.717) is 0 Å². The number of aromatic nitrogens is 1. The predicted octanol–water partition coefficient (Wildman–Crippen LogP) is 2.93. The predicted molar refractivity (Wildman–Crippen MR) is 68.0 cm³/mol. The van der Waals surface area contributed by atoms with E-state index < -0.39 is 17.6 Å². The molecule has 0 aliphatic rings. The molecule has 0 radical (unpaired) electrons. The van der Waals surface area contributed by atoms with Gasteiger partial charge in [0.25, 0.3) is 5.91 Å². The highest BCUT2D eigenvalue weighted by Crippen LogP contribution is 2.29. The van der Waals surface area contributed by atoms with E-state index in [0.717, 1.165) is 12.1 Å². The van der Waals surface area contributed by atoms with Crippen LogP contribution in [0.4, 0.5) is 24.5 Å². The number of nitrogens with one attached hydrogen (secondary N) is 1. The van der Waals surface area contributed by atoms with Crippen LogP contribution in [0.1, 0.15) is 16.1 Å². The molecule has 1 amide bonds. The molecule has 0 bridgehead atoms. The van der Waals surface area contributed by atoms with Crippen LogP contribution in [0.15, 0.2) is 42.6 Å². The number of rotatable bonds is 2. The Morgan fingerprint density at radius 2 is 1.80 bits per heavy atom. The SMILES string of the molecule is Nc1cccnc1C(=O)Nc1ccc(C(F)(F)F)cc1. The van der Waals surface area contributed by atoms with Gasteiger partial charge >= 0.3 is 6.18 Å². The quantitative estimate of drug-likeness (QED) is 0.889. The van der Waals surface area contributed by atoms with Gasteiger partial charge < -0.3 is 11.1 Å². The minimum Gasteiger partial charge on any atom is -0.397 e. The van der Waals surface area contributed by atoms with Gasteiger partial charge in [0.1, 0.15) is 0 Å². The van der Waals surface area contributed by atoms with Crippen molar-refractivity contribution in [3.05, 3.63) is 53.9 Å². The molecule has 0 saturated carbocycles. The van der Waals surface area contributed by atoms with Gasteiger partial charge in [-0.05, 0) is 36.4 Å². The van der Waals surface area contributed by atoms with Crippen molar-refractivity contribution in [2.24, 2.45) is 0 Å². The summed E-state index contributed by atoms with van der Waals surface area (Å²) in [5.74, 6) is -0.581. The second-order valence-corrected chi connectivity index (χ2v) is 3.97. The van der Waals surface area contributed by atoms with Gasteiger partial charge in [-0.1, -0.05) is 0 Å². The van der Waals surface area contributed by atoms with Gasteiger partial charge in [-0.2, -0.15) is 13.2 Å². The molecule has 1 aromatic carbocycles. The highest BCUT2D eigenvalue weighted by atomic mass is 19.4. The summed E-state index contributed by atoms with van der Waals surface area (Å²) in [4.78, 5) is 15.7. The van der Waals surface area contributed by atoms with Crippen LogP contribution in [-0.2, 0) is 6.18 Å². The van der Waals surface area contributed by atoms with Gasteiger partial charge in [-0.3, -0.25) is 4.79 Å². The molecular weight excluding hydrogens is 271 g/mol. The molecule has 104 valence electrons. The summed E-state index contributed by atoms with van der Waals surface area (Å²) in [7, 11) is 0. The first-order valence-corrected chi connectivity index (χ1v) is 5.57. The number of nitrogens with zero attached hydrogens (tertiary/aromatic N) is 1. The summed E-state index contributed by atoms with van der Waals surface area (Å²) in [6, 6.07) is 7.19. The Kier molecular flexibility index (Phi) is 3.60. The maximum atomic E-state index is 12.4. The normalized spacial score (nSPS) is 11.2. The number of pyridine rings is 1. The van der Waals surface area contributed by atoms with Crippen molar-refractivity contribution < 1.29 is 18.0 Å². The topological polar surface area (TPSA) is 68.0 Å². The van der Waals surface area contributed by atoms with E-state index in [9.17, 15) is 18.0 Å². The summed E-state index contributed by atoms with van der Waals surface area (Å²) in [6.07, 6.45) is -3.01. The Hall–Kier alpha value is -2.57. The number of nitrogens with two attached hydrogens (primary N) is 1. The molecule has 2 rings (SSSR count). The third-order valence-electron chi connectivity index (χ3n) is 2.52. The van der Waals surface area contributed by atoms with Gasteiger partial charge in [0, 0.05) is 11.9 Å². The van der Waals surface area contributed by atoms with E-state index in [1.807, 2.05) is 0 Å². The van der Waals surface area contributed by atoms with Gasteiger partial charge in [0.2, 0.25) is 0 Å². The van der Waals surface area contributed by atoms with Crippen molar-refractivity contribution in [3.63, 3.8) is 0 Å². The van der Waals surface area contributed by atoms with Gasteiger partial charge in [0.05, 0.1) is 11.3 Å². The molecule has 0 saturated heterocycles.